The van der Waals surface area contributed by atoms with Gasteiger partial charge in [-0.1, -0.05) is 0 Å². The Labute approximate surface area is 135 Å². The predicted octanol–water partition coefficient (Wildman–Crippen LogP) is 1.90. The number of rotatable bonds is 3. The molecular weight excluding hydrogens is 290 g/mol. The Bertz CT molecular complexity index is 789. The third kappa shape index (κ3) is 1.87. The molecule has 2 fully saturated rings. The van der Waals surface area contributed by atoms with E-state index in [9.17, 15) is 0 Å². The summed E-state index contributed by atoms with van der Waals surface area (Å²) in [5.74, 6) is 1.18. The van der Waals surface area contributed by atoms with E-state index in [-0.39, 0.29) is 0 Å². The van der Waals surface area contributed by atoms with E-state index in [2.05, 4.69) is 27.0 Å². The quantitative estimate of drug-likeness (QED) is 0.938. The maximum absolute atomic E-state index is 5.57. The lowest BCUT2D eigenvalue weighted by Crippen LogP contribution is -2.34. The molecule has 2 aromatic rings. The van der Waals surface area contributed by atoms with E-state index in [1.807, 2.05) is 0 Å². The number of nitrogens with zero attached hydrogens (tertiary/aromatic N) is 4. The van der Waals surface area contributed by atoms with Crippen LogP contribution in [-0.4, -0.2) is 33.4 Å². The fraction of sp³-hybridized carbons (Fsp3) is 0.588. The lowest BCUT2D eigenvalue weighted by molar-refractivity contribution is 0.397. The van der Waals surface area contributed by atoms with Gasteiger partial charge in [0.25, 0.3) is 0 Å². The second kappa shape index (κ2) is 4.54. The molecule has 1 N–H and O–H groups in total. The van der Waals surface area contributed by atoms with E-state index in [4.69, 9.17) is 9.84 Å². The standard InChI is InChI=1S/C17H21N5O/c1-22-15-11(7-18-8-17(15)5-6-17)14(21-22)12-13(10-3-4-10)19-9-20-16(12)23-2/h9-10,18H,3-8H2,1-2H3. The molecule has 0 radical (unpaired) electrons. The van der Waals surface area contributed by atoms with Gasteiger partial charge in [0.2, 0.25) is 5.88 Å². The molecule has 3 aliphatic rings. The monoisotopic (exact) mass is 311 g/mol. The Morgan fingerprint density at radius 2 is 2.13 bits per heavy atom. The number of nitrogens with one attached hydrogen (secondary N) is 1. The summed E-state index contributed by atoms with van der Waals surface area (Å²) in [5.41, 5.74) is 6.14. The van der Waals surface area contributed by atoms with Gasteiger partial charge in [0, 0.05) is 37.0 Å². The number of methoxy groups -OCH3 is 1. The molecule has 23 heavy (non-hydrogen) atoms. The zero-order valence-electron chi connectivity index (χ0n) is 13.6. The van der Waals surface area contributed by atoms with Gasteiger partial charge in [-0.15, -0.1) is 0 Å². The normalized spacial score (nSPS) is 21.3. The fourth-order valence-electron chi connectivity index (χ4n) is 4.10. The first-order valence-electron chi connectivity index (χ1n) is 8.40. The van der Waals surface area contributed by atoms with E-state index >= 15 is 0 Å². The highest BCUT2D eigenvalue weighted by atomic mass is 16.5. The van der Waals surface area contributed by atoms with Crippen LogP contribution in [0.5, 0.6) is 5.88 Å². The fourth-order valence-corrected chi connectivity index (χ4v) is 4.10. The third-order valence-corrected chi connectivity index (χ3v) is 5.50. The smallest absolute Gasteiger partial charge is 0.226 e. The van der Waals surface area contributed by atoms with Crippen molar-refractivity contribution >= 4 is 0 Å². The first-order chi connectivity index (χ1) is 11.2. The van der Waals surface area contributed by atoms with Crippen LogP contribution >= 0.6 is 0 Å². The van der Waals surface area contributed by atoms with Crippen molar-refractivity contribution in [2.24, 2.45) is 7.05 Å². The summed E-state index contributed by atoms with van der Waals surface area (Å²) in [7, 11) is 3.75. The molecule has 0 amide bonds. The average Bonchev–Trinajstić information content (AvgIpc) is 3.48. The maximum Gasteiger partial charge on any atom is 0.226 e. The summed E-state index contributed by atoms with van der Waals surface area (Å²) in [6, 6.07) is 0. The molecule has 0 unspecified atom stereocenters. The number of hydrogen-bond donors (Lipinski definition) is 1. The Morgan fingerprint density at radius 1 is 1.30 bits per heavy atom. The van der Waals surface area contributed by atoms with Crippen molar-refractivity contribution in [3.63, 3.8) is 0 Å². The van der Waals surface area contributed by atoms with Gasteiger partial charge >= 0.3 is 0 Å². The van der Waals surface area contributed by atoms with Crippen LogP contribution in [0, 0.1) is 0 Å². The maximum atomic E-state index is 5.57. The summed E-state index contributed by atoms with van der Waals surface area (Å²) in [6.45, 7) is 1.93. The van der Waals surface area contributed by atoms with Crippen molar-refractivity contribution in [3.05, 3.63) is 23.3 Å². The van der Waals surface area contributed by atoms with E-state index < -0.39 is 0 Å². The Hall–Kier alpha value is -1.95. The van der Waals surface area contributed by atoms with Gasteiger partial charge in [-0.05, 0) is 25.7 Å². The molecule has 1 spiro atoms. The Balaban J connectivity index is 1.75. The number of aromatic nitrogens is 4. The molecule has 2 aliphatic carbocycles. The van der Waals surface area contributed by atoms with Crippen LogP contribution < -0.4 is 10.1 Å². The molecule has 3 heterocycles. The highest BCUT2D eigenvalue weighted by Gasteiger charge is 2.50. The third-order valence-electron chi connectivity index (χ3n) is 5.50. The average molecular weight is 311 g/mol. The van der Waals surface area contributed by atoms with Crippen LogP contribution in [0.15, 0.2) is 6.33 Å². The molecule has 6 heteroatoms. The Morgan fingerprint density at radius 3 is 2.83 bits per heavy atom. The predicted molar refractivity (Wildman–Crippen MR) is 85.4 cm³/mol. The molecule has 5 rings (SSSR count). The minimum atomic E-state index is 0.302. The van der Waals surface area contributed by atoms with E-state index in [1.165, 1.54) is 36.9 Å². The molecule has 1 aliphatic heterocycles. The first kappa shape index (κ1) is 13.5. The summed E-state index contributed by atoms with van der Waals surface area (Å²) in [4.78, 5) is 8.93. The van der Waals surface area contributed by atoms with Crippen LogP contribution in [0.25, 0.3) is 11.3 Å². The first-order valence-corrected chi connectivity index (χ1v) is 8.40. The molecule has 2 aromatic heterocycles. The number of aryl methyl sites for hydroxylation is 1. The van der Waals surface area contributed by atoms with Crippen molar-refractivity contribution in [1.82, 2.24) is 25.1 Å². The summed E-state index contributed by atoms with van der Waals surface area (Å²) in [5, 5.41) is 8.48. The summed E-state index contributed by atoms with van der Waals surface area (Å²) in [6.07, 6.45) is 6.52. The van der Waals surface area contributed by atoms with Gasteiger partial charge in [0.05, 0.1) is 24.1 Å². The lowest BCUT2D eigenvalue weighted by Gasteiger charge is -2.24. The van der Waals surface area contributed by atoms with Gasteiger partial charge in [-0.2, -0.15) is 5.10 Å². The number of ether oxygens (including phenoxy) is 1. The number of fused-ring (bicyclic) bond motifs is 2. The van der Waals surface area contributed by atoms with E-state index in [0.29, 0.717) is 17.2 Å². The minimum absolute atomic E-state index is 0.302. The van der Waals surface area contributed by atoms with Gasteiger partial charge in [0.1, 0.15) is 12.0 Å². The number of hydrogen-bond acceptors (Lipinski definition) is 5. The molecule has 0 aromatic carbocycles. The van der Waals surface area contributed by atoms with E-state index in [0.717, 1.165) is 30.0 Å². The Kier molecular flexibility index (Phi) is 2.66. The van der Waals surface area contributed by atoms with Crippen molar-refractivity contribution in [2.45, 2.75) is 43.6 Å². The van der Waals surface area contributed by atoms with Crippen LogP contribution in [0.3, 0.4) is 0 Å². The SMILES string of the molecule is COc1ncnc(C2CC2)c1-c1nn(C)c2c1CNCC21CC1. The van der Waals surface area contributed by atoms with Crippen LogP contribution in [0.1, 0.15) is 48.6 Å². The molecular formula is C17H21N5O. The van der Waals surface area contributed by atoms with Crippen LogP contribution in [-0.2, 0) is 19.0 Å². The molecule has 0 saturated heterocycles. The van der Waals surface area contributed by atoms with E-state index in [1.54, 1.807) is 13.4 Å². The molecule has 0 atom stereocenters. The zero-order valence-corrected chi connectivity index (χ0v) is 13.6. The van der Waals surface area contributed by atoms with Crippen LogP contribution in [0.2, 0.25) is 0 Å². The second-order valence-corrected chi connectivity index (χ2v) is 7.10. The highest BCUT2D eigenvalue weighted by molar-refractivity contribution is 5.73. The van der Waals surface area contributed by atoms with Gasteiger partial charge in [-0.25, -0.2) is 9.97 Å². The van der Waals surface area contributed by atoms with Crippen molar-refractivity contribution < 1.29 is 4.74 Å². The highest BCUT2D eigenvalue weighted by Crippen LogP contribution is 2.53. The molecule has 6 nitrogen and oxygen atoms in total. The summed E-state index contributed by atoms with van der Waals surface area (Å²) >= 11 is 0. The van der Waals surface area contributed by atoms with Gasteiger partial charge < -0.3 is 10.1 Å². The van der Waals surface area contributed by atoms with Gasteiger partial charge in [0.15, 0.2) is 0 Å². The second-order valence-electron chi connectivity index (χ2n) is 7.10. The van der Waals surface area contributed by atoms with Crippen molar-refractivity contribution in [3.8, 4) is 17.1 Å². The lowest BCUT2D eigenvalue weighted by atomic mass is 9.91. The largest absolute Gasteiger partial charge is 0.480 e. The zero-order chi connectivity index (χ0) is 15.6. The molecule has 120 valence electrons. The molecule has 2 saturated carbocycles. The van der Waals surface area contributed by atoms with Gasteiger partial charge in [-0.3, -0.25) is 4.68 Å². The topological polar surface area (TPSA) is 64.9 Å². The van der Waals surface area contributed by atoms with Crippen molar-refractivity contribution in [1.29, 1.82) is 0 Å². The minimum Gasteiger partial charge on any atom is -0.480 e. The van der Waals surface area contributed by atoms with Crippen LogP contribution in [0.4, 0.5) is 0 Å². The summed E-state index contributed by atoms with van der Waals surface area (Å²) < 4.78 is 7.65. The molecule has 0 bridgehead atoms. The van der Waals surface area contributed by atoms with Crippen molar-refractivity contribution in [2.75, 3.05) is 13.7 Å².